The predicted octanol–water partition coefficient (Wildman–Crippen LogP) is 3.36. The second-order valence-electron chi connectivity index (χ2n) is 3.04. The molecule has 0 spiro atoms. The number of halogens is 1. The molecule has 82 valence electrons. The highest BCUT2D eigenvalue weighted by molar-refractivity contribution is 9.10. The molecule has 2 rings (SSSR count). The minimum absolute atomic E-state index is 0.327. The first-order chi connectivity index (χ1) is 7.70. The molecule has 0 radical (unpaired) electrons. The molecule has 0 aliphatic heterocycles. The molecule has 0 fully saturated rings. The fourth-order valence-corrected chi connectivity index (χ4v) is 2.51. The van der Waals surface area contributed by atoms with Gasteiger partial charge in [0.1, 0.15) is 9.61 Å². The second kappa shape index (κ2) is 4.76. The fraction of sp³-hybridized carbons (Fsp3) is 0.0909. The first kappa shape index (κ1) is 11.3. The Labute approximate surface area is 105 Å². The van der Waals surface area contributed by atoms with E-state index in [4.69, 9.17) is 0 Å². The van der Waals surface area contributed by atoms with Crippen molar-refractivity contribution in [2.45, 2.75) is 0 Å². The number of methoxy groups -OCH3 is 1. The first-order valence-electron chi connectivity index (χ1n) is 4.50. The summed E-state index contributed by atoms with van der Waals surface area (Å²) >= 11 is 4.85. The van der Waals surface area contributed by atoms with Crippen LogP contribution >= 0.6 is 27.3 Å². The minimum Gasteiger partial charge on any atom is -0.465 e. The van der Waals surface area contributed by atoms with Gasteiger partial charge in [-0.15, -0.1) is 11.3 Å². The van der Waals surface area contributed by atoms with Gasteiger partial charge in [0.15, 0.2) is 0 Å². The molecule has 0 saturated heterocycles. The van der Waals surface area contributed by atoms with Crippen LogP contribution in [0.25, 0.3) is 10.6 Å². The van der Waals surface area contributed by atoms with Crippen LogP contribution in [0.1, 0.15) is 10.4 Å². The van der Waals surface area contributed by atoms with Crippen LogP contribution in [0.4, 0.5) is 0 Å². The lowest BCUT2D eigenvalue weighted by molar-refractivity contribution is 0.0601. The van der Waals surface area contributed by atoms with Gasteiger partial charge in [-0.1, -0.05) is 12.1 Å². The summed E-state index contributed by atoms with van der Waals surface area (Å²) < 4.78 is 5.45. The molecule has 0 aliphatic carbocycles. The summed E-state index contributed by atoms with van der Waals surface area (Å²) in [7, 11) is 1.37. The maximum absolute atomic E-state index is 11.2. The quantitative estimate of drug-likeness (QED) is 0.798. The van der Waals surface area contributed by atoms with Crippen molar-refractivity contribution in [1.29, 1.82) is 0 Å². The van der Waals surface area contributed by atoms with Crippen molar-refractivity contribution in [3.63, 3.8) is 0 Å². The molecule has 0 saturated carbocycles. The molecule has 1 heterocycles. The van der Waals surface area contributed by atoms with Crippen molar-refractivity contribution < 1.29 is 9.53 Å². The third kappa shape index (κ3) is 2.31. The van der Waals surface area contributed by atoms with E-state index in [1.165, 1.54) is 7.11 Å². The van der Waals surface area contributed by atoms with Crippen molar-refractivity contribution in [2.24, 2.45) is 0 Å². The van der Waals surface area contributed by atoms with Crippen LogP contribution in [0.3, 0.4) is 0 Å². The summed E-state index contributed by atoms with van der Waals surface area (Å²) in [6.45, 7) is 0. The Kier molecular flexibility index (Phi) is 3.36. The van der Waals surface area contributed by atoms with Gasteiger partial charge in [0, 0.05) is 10.9 Å². The van der Waals surface area contributed by atoms with E-state index in [1.807, 2.05) is 17.5 Å². The molecule has 0 amide bonds. The Bertz CT molecular complexity index is 507. The lowest BCUT2D eigenvalue weighted by Crippen LogP contribution is -2.00. The van der Waals surface area contributed by atoms with Gasteiger partial charge < -0.3 is 4.74 Å². The number of thiazole rings is 1. The molecule has 1 aromatic carbocycles. The number of nitrogens with zero attached hydrogens (tertiary/aromatic N) is 1. The largest absolute Gasteiger partial charge is 0.465 e. The molecule has 0 unspecified atom stereocenters. The van der Waals surface area contributed by atoms with E-state index < -0.39 is 0 Å². The molecule has 0 aliphatic rings. The van der Waals surface area contributed by atoms with Gasteiger partial charge in [-0.3, -0.25) is 0 Å². The predicted molar refractivity (Wildman–Crippen MR) is 66.6 cm³/mol. The standard InChI is InChI=1S/C11H8BrNO2S/c1-15-11(14)8-4-2-7(3-5-8)10-13-9(12)6-16-10/h2-6H,1H3. The van der Waals surface area contributed by atoms with Crippen molar-refractivity contribution in [2.75, 3.05) is 7.11 Å². The molecular formula is C11H8BrNO2S. The van der Waals surface area contributed by atoms with Crippen molar-refractivity contribution in [3.05, 3.63) is 39.8 Å². The Morgan fingerprint density at radius 3 is 2.56 bits per heavy atom. The summed E-state index contributed by atoms with van der Waals surface area (Å²) in [5, 5.41) is 2.84. The molecule has 1 aromatic heterocycles. The van der Waals surface area contributed by atoms with Crippen LogP contribution in [0, 0.1) is 0 Å². The lowest BCUT2D eigenvalue weighted by atomic mass is 10.1. The molecule has 0 N–H and O–H groups in total. The van der Waals surface area contributed by atoms with Crippen LogP contribution in [0.2, 0.25) is 0 Å². The highest BCUT2D eigenvalue weighted by atomic mass is 79.9. The number of hydrogen-bond acceptors (Lipinski definition) is 4. The number of hydrogen-bond donors (Lipinski definition) is 0. The van der Waals surface area contributed by atoms with Gasteiger partial charge in [-0.25, -0.2) is 9.78 Å². The number of esters is 1. The number of carbonyl (C=O) groups is 1. The number of carbonyl (C=O) groups excluding carboxylic acids is 1. The van der Waals surface area contributed by atoms with Gasteiger partial charge in [-0.2, -0.15) is 0 Å². The average molecular weight is 298 g/mol. The number of rotatable bonds is 2. The van der Waals surface area contributed by atoms with E-state index in [0.717, 1.165) is 15.2 Å². The summed E-state index contributed by atoms with van der Waals surface area (Å²) in [6.07, 6.45) is 0. The second-order valence-corrected chi connectivity index (χ2v) is 4.71. The molecule has 0 bridgehead atoms. The smallest absolute Gasteiger partial charge is 0.337 e. The van der Waals surface area contributed by atoms with Crippen LogP contribution in [-0.2, 0) is 4.74 Å². The number of ether oxygens (including phenoxy) is 1. The maximum atomic E-state index is 11.2. The summed E-state index contributed by atoms with van der Waals surface area (Å²) in [5.74, 6) is -0.327. The van der Waals surface area contributed by atoms with Crippen LogP contribution in [0.5, 0.6) is 0 Å². The number of aromatic nitrogens is 1. The topological polar surface area (TPSA) is 39.2 Å². The van der Waals surface area contributed by atoms with Crippen molar-refractivity contribution in [3.8, 4) is 10.6 Å². The monoisotopic (exact) mass is 297 g/mol. The molecular weight excluding hydrogens is 290 g/mol. The fourth-order valence-electron chi connectivity index (χ4n) is 1.25. The van der Waals surface area contributed by atoms with E-state index in [1.54, 1.807) is 23.5 Å². The molecule has 5 heteroatoms. The average Bonchev–Trinajstić information content (AvgIpc) is 2.75. The molecule has 16 heavy (non-hydrogen) atoms. The van der Waals surface area contributed by atoms with Gasteiger partial charge in [0.2, 0.25) is 0 Å². The van der Waals surface area contributed by atoms with Crippen LogP contribution < -0.4 is 0 Å². The van der Waals surface area contributed by atoms with E-state index in [0.29, 0.717) is 5.56 Å². The first-order valence-corrected chi connectivity index (χ1v) is 6.18. The van der Waals surface area contributed by atoms with E-state index in [2.05, 4.69) is 25.7 Å². The normalized spacial score (nSPS) is 10.1. The third-order valence-corrected chi connectivity index (χ3v) is 3.63. The summed E-state index contributed by atoms with van der Waals surface area (Å²) in [4.78, 5) is 15.5. The van der Waals surface area contributed by atoms with Gasteiger partial charge in [-0.05, 0) is 28.1 Å². The maximum Gasteiger partial charge on any atom is 0.337 e. The molecule has 0 atom stereocenters. The van der Waals surface area contributed by atoms with Gasteiger partial charge in [0.05, 0.1) is 12.7 Å². The molecule has 2 aromatic rings. The van der Waals surface area contributed by atoms with E-state index >= 15 is 0 Å². The van der Waals surface area contributed by atoms with Gasteiger partial charge >= 0.3 is 5.97 Å². The summed E-state index contributed by atoms with van der Waals surface area (Å²) in [6, 6.07) is 7.18. The Balaban J connectivity index is 2.29. The van der Waals surface area contributed by atoms with Crippen LogP contribution in [0.15, 0.2) is 34.2 Å². The Hall–Kier alpha value is -1.20. The van der Waals surface area contributed by atoms with E-state index in [-0.39, 0.29) is 5.97 Å². The lowest BCUT2D eigenvalue weighted by Gasteiger charge is -2.00. The van der Waals surface area contributed by atoms with Crippen molar-refractivity contribution in [1.82, 2.24) is 4.98 Å². The van der Waals surface area contributed by atoms with E-state index in [9.17, 15) is 4.79 Å². The highest BCUT2D eigenvalue weighted by Crippen LogP contribution is 2.26. The number of benzene rings is 1. The van der Waals surface area contributed by atoms with Crippen LogP contribution in [-0.4, -0.2) is 18.1 Å². The zero-order valence-corrected chi connectivity index (χ0v) is 10.8. The van der Waals surface area contributed by atoms with Crippen molar-refractivity contribution >= 4 is 33.2 Å². The van der Waals surface area contributed by atoms with Gasteiger partial charge in [0.25, 0.3) is 0 Å². The summed E-state index contributed by atoms with van der Waals surface area (Å²) in [5.41, 5.74) is 1.53. The Morgan fingerprint density at radius 2 is 2.06 bits per heavy atom. The molecule has 3 nitrogen and oxygen atoms in total. The Morgan fingerprint density at radius 1 is 1.38 bits per heavy atom. The third-order valence-electron chi connectivity index (χ3n) is 2.03. The zero-order valence-electron chi connectivity index (χ0n) is 8.44. The SMILES string of the molecule is COC(=O)c1ccc(-c2nc(Br)cs2)cc1. The highest BCUT2D eigenvalue weighted by Gasteiger charge is 2.07. The minimum atomic E-state index is -0.327. The zero-order chi connectivity index (χ0) is 11.5.